The summed E-state index contributed by atoms with van der Waals surface area (Å²) in [6.07, 6.45) is 0. The van der Waals surface area contributed by atoms with Crippen LogP contribution < -0.4 is 0 Å². The number of rotatable bonds is 3. The molecule has 11 rings (SSSR count). The van der Waals surface area contributed by atoms with Gasteiger partial charge in [0.1, 0.15) is 22.3 Å². The predicted molar refractivity (Wildman–Crippen MR) is 193 cm³/mol. The molecular formula is C43H23N3O2. The summed E-state index contributed by atoms with van der Waals surface area (Å²) < 4.78 is 12.7. The third-order valence-electron chi connectivity index (χ3n) is 9.66. The predicted octanol–water partition coefficient (Wildman–Crippen LogP) is 11.5. The summed E-state index contributed by atoms with van der Waals surface area (Å²) >= 11 is 0. The average Bonchev–Trinajstić information content (AvgIpc) is 3.81. The molecule has 0 saturated carbocycles. The highest BCUT2D eigenvalue weighted by Crippen LogP contribution is 2.50. The van der Waals surface area contributed by atoms with Crippen molar-refractivity contribution in [2.45, 2.75) is 0 Å². The first-order valence-corrected chi connectivity index (χ1v) is 16.0. The zero-order valence-electron chi connectivity index (χ0n) is 25.4. The minimum absolute atomic E-state index is 0.593. The largest absolute Gasteiger partial charge is 0.456 e. The summed E-state index contributed by atoms with van der Waals surface area (Å²) in [5.41, 5.74) is 11.0. The van der Waals surface area contributed by atoms with Gasteiger partial charge in [0.25, 0.3) is 0 Å². The molecule has 5 heteroatoms. The highest BCUT2D eigenvalue weighted by molar-refractivity contribution is 6.20. The Labute approximate surface area is 273 Å². The molecule has 0 saturated heterocycles. The molecule has 0 spiro atoms. The van der Waals surface area contributed by atoms with E-state index in [4.69, 9.17) is 23.8 Å². The number of hydrogen-bond donors (Lipinski definition) is 0. The van der Waals surface area contributed by atoms with E-state index in [0.717, 1.165) is 60.6 Å². The number of furan rings is 2. The van der Waals surface area contributed by atoms with Crippen LogP contribution in [0.2, 0.25) is 0 Å². The Morgan fingerprint density at radius 2 is 0.979 bits per heavy atom. The van der Waals surface area contributed by atoms with Crippen molar-refractivity contribution in [1.82, 2.24) is 15.0 Å². The third kappa shape index (κ3) is 3.58. The van der Waals surface area contributed by atoms with Crippen molar-refractivity contribution in [3.63, 3.8) is 0 Å². The van der Waals surface area contributed by atoms with Gasteiger partial charge in [-0.15, -0.1) is 0 Å². The summed E-state index contributed by atoms with van der Waals surface area (Å²) in [5, 5.41) is 6.66. The van der Waals surface area contributed by atoms with Gasteiger partial charge in [-0.3, -0.25) is 0 Å². The van der Waals surface area contributed by atoms with E-state index >= 15 is 0 Å². The van der Waals surface area contributed by atoms with Crippen LogP contribution in [0.15, 0.2) is 148 Å². The van der Waals surface area contributed by atoms with Gasteiger partial charge in [-0.1, -0.05) is 97.1 Å². The second-order valence-corrected chi connectivity index (χ2v) is 12.4. The van der Waals surface area contributed by atoms with Crippen molar-refractivity contribution in [3.8, 4) is 56.4 Å². The Hall–Kier alpha value is -6.59. The second kappa shape index (κ2) is 9.47. The molecule has 0 atom stereocenters. The smallest absolute Gasteiger partial charge is 0.164 e. The molecule has 0 radical (unpaired) electrons. The summed E-state index contributed by atoms with van der Waals surface area (Å²) in [5.74, 6) is 1.80. The molecule has 0 unspecified atom stereocenters. The lowest BCUT2D eigenvalue weighted by molar-refractivity contribution is 0.668. The lowest BCUT2D eigenvalue weighted by Gasteiger charge is -2.09. The highest BCUT2D eigenvalue weighted by atomic mass is 16.3. The maximum atomic E-state index is 6.56. The first-order chi connectivity index (χ1) is 23.8. The van der Waals surface area contributed by atoms with E-state index in [9.17, 15) is 0 Å². The molecule has 0 aliphatic heterocycles. The normalized spacial score (nSPS) is 12.2. The van der Waals surface area contributed by atoms with Crippen molar-refractivity contribution in [2.24, 2.45) is 0 Å². The van der Waals surface area contributed by atoms with Crippen LogP contribution in [0, 0.1) is 0 Å². The Bertz CT molecular complexity index is 2950. The van der Waals surface area contributed by atoms with E-state index in [2.05, 4.69) is 66.7 Å². The van der Waals surface area contributed by atoms with Crippen molar-refractivity contribution in [1.29, 1.82) is 0 Å². The van der Waals surface area contributed by atoms with Crippen LogP contribution in [-0.4, -0.2) is 15.0 Å². The zero-order valence-corrected chi connectivity index (χ0v) is 25.4. The van der Waals surface area contributed by atoms with Gasteiger partial charge in [-0.05, 0) is 75.5 Å². The van der Waals surface area contributed by atoms with Gasteiger partial charge in [0.2, 0.25) is 0 Å². The maximum absolute atomic E-state index is 6.56. The standard InChI is InChI=1S/C43H23N3O2/c1-2-9-25(10-3-1)41-44-42(26-19-20-36-33(21-26)27-13-4-5-17-35(27)47-36)46-43(45-41)30-16-8-18-37-40(30)34-22-31-28-14-6-11-24-12-7-15-29(39(24)28)32(31)23-38(34)48-37/h1-23H. The van der Waals surface area contributed by atoms with Crippen LogP contribution in [0.1, 0.15) is 0 Å². The Balaban J connectivity index is 1.16. The van der Waals surface area contributed by atoms with Gasteiger partial charge in [-0.2, -0.15) is 0 Å². The van der Waals surface area contributed by atoms with Gasteiger partial charge < -0.3 is 8.83 Å². The van der Waals surface area contributed by atoms with Crippen molar-refractivity contribution in [3.05, 3.63) is 140 Å². The lowest BCUT2D eigenvalue weighted by Crippen LogP contribution is -2.00. The number of hydrogen-bond acceptors (Lipinski definition) is 5. The Morgan fingerprint density at radius 1 is 0.333 bits per heavy atom. The lowest BCUT2D eigenvalue weighted by atomic mass is 9.99. The van der Waals surface area contributed by atoms with Crippen molar-refractivity contribution in [2.75, 3.05) is 0 Å². The Kier molecular flexibility index (Phi) is 5.05. The van der Waals surface area contributed by atoms with E-state index in [0.29, 0.717) is 17.5 Å². The highest BCUT2D eigenvalue weighted by Gasteiger charge is 2.25. The van der Waals surface area contributed by atoms with Crippen LogP contribution in [-0.2, 0) is 0 Å². The van der Waals surface area contributed by atoms with Gasteiger partial charge in [0.15, 0.2) is 17.5 Å². The minimum atomic E-state index is 0.593. The number of nitrogens with zero attached hydrogens (tertiary/aromatic N) is 3. The molecule has 0 bridgehead atoms. The molecule has 5 nitrogen and oxygen atoms in total. The molecule has 0 amide bonds. The molecule has 1 aliphatic rings. The fourth-order valence-electron chi connectivity index (χ4n) is 7.50. The molecule has 7 aromatic carbocycles. The van der Waals surface area contributed by atoms with Gasteiger partial charge >= 0.3 is 0 Å². The molecule has 3 aromatic heterocycles. The van der Waals surface area contributed by atoms with Crippen LogP contribution in [0.5, 0.6) is 0 Å². The van der Waals surface area contributed by atoms with Crippen LogP contribution in [0.3, 0.4) is 0 Å². The zero-order chi connectivity index (χ0) is 31.3. The summed E-state index contributed by atoms with van der Waals surface area (Å²) in [6.45, 7) is 0. The van der Waals surface area contributed by atoms with E-state index in [1.54, 1.807) is 0 Å². The summed E-state index contributed by atoms with van der Waals surface area (Å²) in [4.78, 5) is 15.3. The minimum Gasteiger partial charge on any atom is -0.456 e. The SMILES string of the molecule is c1ccc(-c2nc(-c3ccc4oc5ccccc5c4c3)nc(-c3cccc4oc5cc6c(cc5c34)-c3cccc4cccc-6c34)n2)cc1. The number of para-hydroxylation sites is 1. The monoisotopic (exact) mass is 613 g/mol. The van der Waals surface area contributed by atoms with Gasteiger partial charge in [0, 0.05) is 38.2 Å². The van der Waals surface area contributed by atoms with Crippen LogP contribution >= 0.6 is 0 Å². The van der Waals surface area contributed by atoms with E-state index in [-0.39, 0.29) is 0 Å². The fourth-order valence-corrected chi connectivity index (χ4v) is 7.50. The first kappa shape index (κ1) is 25.6. The molecule has 0 fully saturated rings. The van der Waals surface area contributed by atoms with E-state index in [1.165, 1.54) is 33.0 Å². The second-order valence-electron chi connectivity index (χ2n) is 12.4. The Morgan fingerprint density at radius 3 is 1.83 bits per heavy atom. The molecule has 1 aliphatic carbocycles. The number of fused-ring (bicyclic) bond motifs is 9. The number of benzene rings is 7. The van der Waals surface area contributed by atoms with Gasteiger partial charge in [0.05, 0.1) is 0 Å². The van der Waals surface area contributed by atoms with Gasteiger partial charge in [-0.25, -0.2) is 15.0 Å². The molecular weight excluding hydrogens is 590 g/mol. The van der Waals surface area contributed by atoms with E-state index < -0.39 is 0 Å². The average molecular weight is 614 g/mol. The van der Waals surface area contributed by atoms with Crippen molar-refractivity contribution >= 4 is 54.6 Å². The molecule has 0 N–H and O–H groups in total. The summed E-state index contributed by atoms with van der Waals surface area (Å²) in [7, 11) is 0. The molecule has 10 aromatic rings. The topological polar surface area (TPSA) is 65.0 Å². The fraction of sp³-hybridized carbons (Fsp3) is 0. The maximum Gasteiger partial charge on any atom is 0.164 e. The van der Waals surface area contributed by atoms with Crippen LogP contribution in [0.4, 0.5) is 0 Å². The number of aromatic nitrogens is 3. The quantitative estimate of drug-likeness (QED) is 0.198. The third-order valence-corrected chi connectivity index (χ3v) is 9.66. The molecule has 48 heavy (non-hydrogen) atoms. The first-order valence-electron chi connectivity index (χ1n) is 16.0. The summed E-state index contributed by atoms with van der Waals surface area (Å²) in [6, 6.07) is 48.0. The molecule has 3 heterocycles. The van der Waals surface area contributed by atoms with Crippen molar-refractivity contribution < 1.29 is 8.83 Å². The van der Waals surface area contributed by atoms with Crippen LogP contribution in [0.25, 0.3) is 111 Å². The molecule has 222 valence electrons. The van der Waals surface area contributed by atoms with E-state index in [1.807, 2.05) is 72.8 Å².